The first-order valence-electron chi connectivity index (χ1n) is 7.21. The van der Waals surface area contributed by atoms with Gasteiger partial charge in [-0.25, -0.2) is 0 Å². The van der Waals surface area contributed by atoms with E-state index in [1.54, 1.807) is 7.11 Å². The molecular weight excluding hydrogens is 236 g/mol. The molecule has 1 unspecified atom stereocenters. The smallest absolute Gasteiger partial charge is 0.118 e. The summed E-state index contributed by atoms with van der Waals surface area (Å²) in [7, 11) is 3.89. The fourth-order valence-electron chi connectivity index (χ4n) is 1.94. The lowest BCUT2D eigenvalue weighted by Gasteiger charge is -2.23. The van der Waals surface area contributed by atoms with Crippen LogP contribution in [0.3, 0.4) is 0 Å². The van der Waals surface area contributed by atoms with Crippen molar-refractivity contribution in [2.24, 2.45) is 0 Å². The van der Waals surface area contributed by atoms with E-state index in [0.29, 0.717) is 6.04 Å². The summed E-state index contributed by atoms with van der Waals surface area (Å²) in [5.41, 5.74) is 1.35. The van der Waals surface area contributed by atoms with Crippen molar-refractivity contribution in [1.29, 1.82) is 0 Å². The van der Waals surface area contributed by atoms with Crippen molar-refractivity contribution in [2.75, 3.05) is 33.8 Å². The van der Waals surface area contributed by atoms with Crippen molar-refractivity contribution in [3.8, 4) is 5.75 Å². The molecule has 1 rings (SSSR count). The Kier molecular flexibility index (Phi) is 7.53. The number of methoxy groups -OCH3 is 1. The number of nitrogens with one attached hydrogen (secondary N) is 1. The summed E-state index contributed by atoms with van der Waals surface area (Å²) in [5.74, 6) is 0.923. The van der Waals surface area contributed by atoms with E-state index in [1.165, 1.54) is 12.0 Å². The minimum Gasteiger partial charge on any atom is -0.497 e. The molecule has 0 heterocycles. The third kappa shape index (κ3) is 6.08. The van der Waals surface area contributed by atoms with Crippen LogP contribution in [0.4, 0.5) is 0 Å². The van der Waals surface area contributed by atoms with Crippen LogP contribution in [0.1, 0.15) is 25.8 Å². The maximum Gasteiger partial charge on any atom is 0.118 e. The Labute approximate surface area is 118 Å². The molecule has 108 valence electrons. The zero-order valence-corrected chi connectivity index (χ0v) is 12.8. The summed E-state index contributed by atoms with van der Waals surface area (Å²) in [4.78, 5) is 2.40. The van der Waals surface area contributed by atoms with Gasteiger partial charge in [0.1, 0.15) is 5.75 Å². The molecule has 0 bridgehead atoms. The number of benzene rings is 1. The van der Waals surface area contributed by atoms with Crippen molar-refractivity contribution in [3.05, 3.63) is 29.8 Å². The highest BCUT2D eigenvalue weighted by Gasteiger charge is 2.04. The normalized spacial score (nSPS) is 12.7. The van der Waals surface area contributed by atoms with E-state index >= 15 is 0 Å². The van der Waals surface area contributed by atoms with Crippen LogP contribution < -0.4 is 10.1 Å². The van der Waals surface area contributed by atoms with Crippen LogP contribution >= 0.6 is 0 Å². The number of nitrogens with zero attached hydrogens (tertiary/aromatic N) is 1. The van der Waals surface area contributed by atoms with Crippen molar-refractivity contribution >= 4 is 0 Å². The minimum atomic E-state index is 0.670. The van der Waals surface area contributed by atoms with E-state index in [2.05, 4.69) is 43.2 Å². The van der Waals surface area contributed by atoms with Crippen LogP contribution in [-0.4, -0.2) is 44.7 Å². The Morgan fingerprint density at radius 3 is 2.47 bits per heavy atom. The van der Waals surface area contributed by atoms with Gasteiger partial charge in [0.15, 0.2) is 0 Å². The van der Waals surface area contributed by atoms with E-state index in [-0.39, 0.29) is 0 Å². The molecular formula is C16H28N2O. The first-order valence-corrected chi connectivity index (χ1v) is 7.21. The molecule has 19 heavy (non-hydrogen) atoms. The fourth-order valence-corrected chi connectivity index (χ4v) is 1.94. The van der Waals surface area contributed by atoms with Crippen LogP contribution in [-0.2, 0) is 6.42 Å². The summed E-state index contributed by atoms with van der Waals surface area (Å²) < 4.78 is 5.15. The van der Waals surface area contributed by atoms with Gasteiger partial charge in [-0.1, -0.05) is 19.1 Å². The Bertz CT molecular complexity index is 337. The SMILES string of the molecule is CCC(C)N(C)CCNCCc1ccc(OC)cc1. The number of hydrogen-bond donors (Lipinski definition) is 1. The maximum atomic E-state index is 5.15. The zero-order valence-electron chi connectivity index (χ0n) is 12.8. The van der Waals surface area contributed by atoms with Crippen molar-refractivity contribution in [1.82, 2.24) is 10.2 Å². The first kappa shape index (κ1) is 16.0. The molecule has 0 radical (unpaired) electrons. The minimum absolute atomic E-state index is 0.670. The van der Waals surface area contributed by atoms with E-state index in [9.17, 15) is 0 Å². The van der Waals surface area contributed by atoms with E-state index in [1.807, 2.05) is 12.1 Å². The standard InChI is InChI=1S/C16H28N2O/c1-5-14(2)18(3)13-12-17-11-10-15-6-8-16(19-4)9-7-15/h6-9,14,17H,5,10-13H2,1-4H3. The van der Waals surface area contributed by atoms with Crippen LogP contribution in [0.2, 0.25) is 0 Å². The summed E-state index contributed by atoms with van der Waals surface area (Å²) in [6.45, 7) is 7.70. The third-order valence-electron chi connectivity index (χ3n) is 3.73. The Morgan fingerprint density at radius 2 is 1.89 bits per heavy atom. The van der Waals surface area contributed by atoms with Gasteiger partial charge in [-0.15, -0.1) is 0 Å². The second kappa shape index (κ2) is 8.94. The van der Waals surface area contributed by atoms with Gasteiger partial charge < -0.3 is 15.0 Å². The van der Waals surface area contributed by atoms with Gasteiger partial charge in [0, 0.05) is 19.1 Å². The molecule has 0 amide bonds. The second-order valence-corrected chi connectivity index (χ2v) is 5.09. The van der Waals surface area contributed by atoms with Gasteiger partial charge in [-0.2, -0.15) is 0 Å². The molecule has 1 aromatic carbocycles. The van der Waals surface area contributed by atoms with Crippen LogP contribution in [0, 0.1) is 0 Å². The number of ether oxygens (including phenoxy) is 1. The lowest BCUT2D eigenvalue weighted by Crippen LogP contribution is -2.35. The molecule has 1 atom stereocenters. The van der Waals surface area contributed by atoms with E-state index < -0.39 is 0 Å². The zero-order chi connectivity index (χ0) is 14.1. The molecule has 0 fully saturated rings. The molecule has 0 saturated heterocycles. The van der Waals surface area contributed by atoms with Gasteiger partial charge in [-0.05, 0) is 51.1 Å². The van der Waals surface area contributed by atoms with Crippen molar-refractivity contribution in [3.63, 3.8) is 0 Å². The lowest BCUT2D eigenvalue weighted by atomic mass is 10.1. The number of hydrogen-bond acceptors (Lipinski definition) is 3. The Hall–Kier alpha value is -1.06. The molecule has 0 spiro atoms. The van der Waals surface area contributed by atoms with E-state index in [4.69, 9.17) is 4.74 Å². The van der Waals surface area contributed by atoms with Crippen molar-refractivity contribution in [2.45, 2.75) is 32.7 Å². The molecule has 1 aromatic rings. The van der Waals surface area contributed by atoms with Gasteiger partial charge in [-0.3, -0.25) is 0 Å². The average molecular weight is 264 g/mol. The summed E-state index contributed by atoms with van der Waals surface area (Å²) >= 11 is 0. The van der Waals surface area contributed by atoms with Gasteiger partial charge in [0.05, 0.1) is 7.11 Å². The molecule has 3 heteroatoms. The summed E-state index contributed by atoms with van der Waals surface area (Å²) in [6, 6.07) is 8.97. The average Bonchev–Trinajstić information content (AvgIpc) is 2.46. The molecule has 0 saturated carbocycles. The Morgan fingerprint density at radius 1 is 1.21 bits per heavy atom. The maximum absolute atomic E-state index is 5.15. The number of likely N-dealkylation sites (N-methyl/N-ethyl adjacent to an activating group) is 1. The fraction of sp³-hybridized carbons (Fsp3) is 0.625. The molecule has 0 aromatic heterocycles. The van der Waals surface area contributed by atoms with Gasteiger partial charge >= 0.3 is 0 Å². The summed E-state index contributed by atoms with van der Waals surface area (Å²) in [5, 5.41) is 3.50. The summed E-state index contributed by atoms with van der Waals surface area (Å²) in [6.07, 6.45) is 2.28. The number of rotatable bonds is 9. The lowest BCUT2D eigenvalue weighted by molar-refractivity contribution is 0.252. The second-order valence-electron chi connectivity index (χ2n) is 5.09. The first-order chi connectivity index (χ1) is 9.17. The van der Waals surface area contributed by atoms with Crippen LogP contribution in [0.15, 0.2) is 24.3 Å². The molecule has 0 aliphatic heterocycles. The van der Waals surface area contributed by atoms with Gasteiger partial charge in [0.25, 0.3) is 0 Å². The third-order valence-corrected chi connectivity index (χ3v) is 3.73. The molecule has 0 aliphatic carbocycles. The molecule has 0 aliphatic rings. The monoisotopic (exact) mass is 264 g/mol. The van der Waals surface area contributed by atoms with Crippen LogP contribution in [0.5, 0.6) is 5.75 Å². The highest BCUT2D eigenvalue weighted by Crippen LogP contribution is 2.11. The van der Waals surface area contributed by atoms with Crippen LogP contribution in [0.25, 0.3) is 0 Å². The highest BCUT2D eigenvalue weighted by molar-refractivity contribution is 5.27. The predicted molar refractivity (Wildman–Crippen MR) is 82.0 cm³/mol. The van der Waals surface area contributed by atoms with E-state index in [0.717, 1.165) is 31.8 Å². The highest BCUT2D eigenvalue weighted by atomic mass is 16.5. The predicted octanol–water partition coefficient (Wildman–Crippen LogP) is 2.56. The quantitative estimate of drug-likeness (QED) is 0.694. The molecule has 3 nitrogen and oxygen atoms in total. The largest absolute Gasteiger partial charge is 0.497 e. The molecule has 1 N–H and O–H groups in total. The van der Waals surface area contributed by atoms with Crippen molar-refractivity contribution < 1.29 is 4.74 Å². The Balaban J connectivity index is 2.13. The topological polar surface area (TPSA) is 24.5 Å². The van der Waals surface area contributed by atoms with Gasteiger partial charge in [0.2, 0.25) is 0 Å².